The Morgan fingerprint density at radius 1 is 0.548 bits per heavy atom. The van der Waals surface area contributed by atoms with E-state index in [1.54, 1.807) is 0 Å². The fourth-order valence-corrected chi connectivity index (χ4v) is 2.98. The lowest BCUT2D eigenvalue weighted by atomic mass is 9.86. The fourth-order valence-electron chi connectivity index (χ4n) is 2.86. The number of halogens is 21. The SMILES string of the molecule is CN(Cc1ccccc1)C(=O)C(F)(F)C(F)(F)C(F)(F)C(F)(F)C(F)(F)C(F)(F)C(F)(F)C(F)(F)C(F)(F)C(F)(F)Cl. The number of nitrogens with zero attached hydrogens (tertiary/aromatic N) is 1. The summed E-state index contributed by atoms with van der Waals surface area (Å²) in [6, 6.07) is 5.46. The van der Waals surface area contributed by atoms with Crippen LogP contribution in [0, 0.1) is 0 Å². The quantitative estimate of drug-likeness (QED) is 0.161. The predicted molar refractivity (Wildman–Crippen MR) is 98.2 cm³/mol. The molecule has 0 radical (unpaired) electrons. The van der Waals surface area contributed by atoms with Gasteiger partial charge in [0.2, 0.25) is 0 Å². The van der Waals surface area contributed by atoms with Crippen molar-refractivity contribution in [3.63, 3.8) is 0 Å². The number of amides is 1. The highest BCUT2D eigenvalue weighted by molar-refractivity contribution is 6.22. The van der Waals surface area contributed by atoms with Crippen molar-refractivity contribution in [1.29, 1.82) is 0 Å². The van der Waals surface area contributed by atoms with E-state index < -0.39 is 76.0 Å². The zero-order chi connectivity index (χ0) is 34.0. The van der Waals surface area contributed by atoms with Crippen molar-refractivity contribution < 1.29 is 92.6 Å². The van der Waals surface area contributed by atoms with Crippen LogP contribution in [0.25, 0.3) is 0 Å². The monoisotopic (exact) mass is 683 g/mol. The van der Waals surface area contributed by atoms with Crippen LogP contribution in [0.4, 0.5) is 87.8 Å². The number of benzene rings is 1. The van der Waals surface area contributed by atoms with Crippen LogP contribution in [-0.2, 0) is 11.3 Å². The summed E-state index contributed by atoms with van der Waals surface area (Å²) in [5.41, 5.74) is -0.252. The second-order valence-electron chi connectivity index (χ2n) is 8.31. The van der Waals surface area contributed by atoms with Crippen LogP contribution in [0.3, 0.4) is 0 Å². The van der Waals surface area contributed by atoms with E-state index in [4.69, 9.17) is 0 Å². The minimum absolute atomic E-state index is 0.119. The van der Waals surface area contributed by atoms with Gasteiger partial charge in [0.05, 0.1) is 0 Å². The van der Waals surface area contributed by atoms with Crippen molar-refractivity contribution in [2.75, 3.05) is 7.05 Å². The molecule has 0 aliphatic rings. The third kappa shape index (κ3) is 4.97. The Balaban J connectivity index is 3.69. The first-order valence-corrected chi connectivity index (χ1v) is 10.3. The average Bonchev–Trinajstić information content (AvgIpc) is 2.82. The maximum atomic E-state index is 14.1. The number of hydrogen-bond acceptors (Lipinski definition) is 1. The van der Waals surface area contributed by atoms with E-state index >= 15 is 0 Å². The molecule has 0 aromatic heterocycles. The van der Waals surface area contributed by atoms with E-state index in [0.717, 1.165) is 24.3 Å². The summed E-state index contributed by atoms with van der Waals surface area (Å²) in [5, 5.41) is -7.07. The first kappa shape index (κ1) is 37.6. The summed E-state index contributed by atoms with van der Waals surface area (Å²) in [7, 11) is 0.119. The van der Waals surface area contributed by atoms with Gasteiger partial charge in [-0.2, -0.15) is 87.8 Å². The third-order valence-electron chi connectivity index (χ3n) is 5.39. The predicted octanol–water partition coefficient (Wildman–Crippen LogP) is 8.19. The van der Waals surface area contributed by atoms with Gasteiger partial charge in [-0.15, -0.1) is 0 Å². The molecule has 0 aliphatic heterocycles. The van der Waals surface area contributed by atoms with Gasteiger partial charge in [0, 0.05) is 13.6 Å². The van der Waals surface area contributed by atoms with Crippen LogP contribution >= 0.6 is 11.6 Å². The van der Waals surface area contributed by atoms with E-state index in [0.29, 0.717) is 0 Å². The van der Waals surface area contributed by atoms with E-state index in [1.807, 2.05) is 0 Å². The summed E-state index contributed by atoms with van der Waals surface area (Å²) in [5.74, 6) is -81.1. The van der Waals surface area contributed by atoms with Crippen molar-refractivity contribution in [2.24, 2.45) is 0 Å². The van der Waals surface area contributed by atoms with Crippen molar-refractivity contribution in [2.45, 2.75) is 65.2 Å². The normalized spacial score (nSPS) is 15.6. The van der Waals surface area contributed by atoms with E-state index in [1.165, 1.54) is 6.07 Å². The van der Waals surface area contributed by atoms with Crippen LogP contribution in [0.2, 0.25) is 0 Å². The average molecular weight is 684 g/mol. The van der Waals surface area contributed by atoms with Crippen LogP contribution in [0.1, 0.15) is 5.56 Å². The zero-order valence-corrected chi connectivity index (χ0v) is 20.1. The molecule has 0 aliphatic carbocycles. The second-order valence-corrected chi connectivity index (χ2v) is 8.79. The van der Waals surface area contributed by atoms with Crippen molar-refractivity contribution >= 4 is 17.5 Å². The van der Waals surface area contributed by atoms with E-state index in [-0.39, 0.29) is 12.6 Å². The molecule has 0 unspecified atom stereocenters. The van der Waals surface area contributed by atoms with E-state index in [9.17, 15) is 92.6 Å². The van der Waals surface area contributed by atoms with Crippen LogP contribution < -0.4 is 0 Å². The molecule has 2 nitrogen and oxygen atoms in total. The maximum Gasteiger partial charge on any atom is 0.393 e. The standard InChI is InChI=1S/C19H10ClF20NO/c1-41(7-8-5-3-2-4-6-8)9(42)10(21,22)11(23,24)12(25,26)13(27,28)14(29,30)15(31,32)16(33,34)17(35,36)18(37,38)19(20,39)40/h2-6H,7H2,1H3. The molecular formula is C19H10ClF20NO. The highest BCUT2D eigenvalue weighted by atomic mass is 35.5. The maximum absolute atomic E-state index is 14.1. The minimum atomic E-state index is -9.17. The molecule has 1 amide bonds. The molecule has 0 bridgehead atoms. The topological polar surface area (TPSA) is 20.3 Å². The lowest BCUT2D eigenvalue weighted by molar-refractivity contribution is -0.464. The van der Waals surface area contributed by atoms with Gasteiger partial charge in [0.15, 0.2) is 0 Å². The molecule has 42 heavy (non-hydrogen) atoms. The van der Waals surface area contributed by atoms with Gasteiger partial charge in [-0.3, -0.25) is 4.79 Å². The van der Waals surface area contributed by atoms with Gasteiger partial charge in [0.1, 0.15) is 0 Å². The number of alkyl halides is 21. The highest BCUT2D eigenvalue weighted by Gasteiger charge is 2.98. The minimum Gasteiger partial charge on any atom is -0.336 e. The largest absolute Gasteiger partial charge is 0.393 e. The summed E-state index contributed by atoms with van der Waals surface area (Å²) in [6.07, 6.45) is 0. The summed E-state index contributed by atoms with van der Waals surface area (Å²) < 4.78 is 272. The molecule has 1 aromatic carbocycles. The molecule has 23 heteroatoms. The Bertz CT molecular complexity index is 1130. The number of rotatable bonds is 12. The Morgan fingerprint density at radius 2 is 0.833 bits per heavy atom. The Labute approximate surface area is 224 Å². The molecule has 1 aromatic rings. The number of carbonyl (C=O) groups is 1. The molecule has 1 rings (SSSR count). The van der Waals surface area contributed by atoms with Gasteiger partial charge in [-0.1, -0.05) is 30.3 Å². The summed E-state index contributed by atoms with van der Waals surface area (Å²) in [6.45, 7) is -1.22. The van der Waals surface area contributed by atoms with Crippen molar-refractivity contribution in [3.8, 4) is 0 Å². The molecule has 0 fully saturated rings. The van der Waals surface area contributed by atoms with Crippen LogP contribution in [-0.4, -0.2) is 76.5 Å². The lowest BCUT2D eigenvalue weighted by Crippen LogP contribution is -2.77. The molecular weight excluding hydrogens is 674 g/mol. The molecule has 0 saturated heterocycles. The zero-order valence-electron chi connectivity index (χ0n) is 19.4. The Morgan fingerprint density at radius 3 is 1.14 bits per heavy atom. The summed E-state index contributed by atoms with van der Waals surface area (Å²) >= 11 is 3.34. The molecule has 0 saturated carbocycles. The first-order chi connectivity index (χ1) is 18.2. The van der Waals surface area contributed by atoms with E-state index in [2.05, 4.69) is 11.6 Å². The van der Waals surface area contributed by atoms with Crippen molar-refractivity contribution in [3.05, 3.63) is 35.9 Å². The molecule has 244 valence electrons. The molecule has 0 atom stereocenters. The second kappa shape index (κ2) is 10.3. The number of hydrogen-bond donors (Lipinski definition) is 0. The lowest BCUT2D eigenvalue weighted by Gasteiger charge is -2.44. The van der Waals surface area contributed by atoms with Gasteiger partial charge >= 0.3 is 58.7 Å². The van der Waals surface area contributed by atoms with Gasteiger partial charge in [0.25, 0.3) is 5.91 Å². The van der Waals surface area contributed by atoms with Crippen molar-refractivity contribution in [1.82, 2.24) is 4.90 Å². The highest BCUT2D eigenvalue weighted by Crippen LogP contribution is 2.66. The third-order valence-corrected chi connectivity index (χ3v) is 5.63. The molecule has 0 heterocycles. The molecule has 0 N–H and O–H groups in total. The van der Waals surface area contributed by atoms with Crippen LogP contribution in [0.15, 0.2) is 30.3 Å². The van der Waals surface area contributed by atoms with Gasteiger partial charge in [-0.05, 0) is 17.2 Å². The Kier molecular flexibility index (Phi) is 9.26. The first-order valence-electron chi connectivity index (χ1n) is 9.92. The smallest absolute Gasteiger partial charge is 0.336 e. The Hall–Kier alpha value is -2.42. The fraction of sp³-hybridized carbons (Fsp3) is 0.632. The summed E-state index contributed by atoms with van der Waals surface area (Å²) in [4.78, 5) is 11.1. The number of carbonyl (C=O) groups excluding carboxylic acids is 1. The van der Waals surface area contributed by atoms with Gasteiger partial charge in [-0.25, -0.2) is 0 Å². The van der Waals surface area contributed by atoms with Gasteiger partial charge < -0.3 is 4.90 Å². The van der Waals surface area contributed by atoms with Crippen LogP contribution in [0.5, 0.6) is 0 Å². The molecule has 0 spiro atoms.